The van der Waals surface area contributed by atoms with E-state index in [4.69, 9.17) is 11.5 Å². The number of anilines is 2. The van der Waals surface area contributed by atoms with E-state index in [0.717, 1.165) is 0 Å². The second-order valence-electron chi connectivity index (χ2n) is 3.72. The van der Waals surface area contributed by atoms with Crippen molar-refractivity contribution in [3.05, 3.63) is 30.5 Å². The van der Waals surface area contributed by atoms with Crippen LogP contribution in [0, 0.1) is 0 Å². The number of nitrogens with zero attached hydrogens (tertiary/aromatic N) is 2. The molecule has 1 aromatic carbocycles. The van der Waals surface area contributed by atoms with Crippen LogP contribution in [0.25, 0.3) is 11.3 Å². The summed E-state index contributed by atoms with van der Waals surface area (Å²) in [6, 6.07) is 6.93. The van der Waals surface area contributed by atoms with E-state index in [9.17, 15) is 5.11 Å². The van der Waals surface area contributed by atoms with Crippen LogP contribution in [0.4, 0.5) is 11.6 Å². The fourth-order valence-electron chi connectivity index (χ4n) is 1.61. The molecule has 94 valence electrons. The molecule has 0 bridgehead atoms. The third kappa shape index (κ3) is 2.49. The molecule has 0 aliphatic rings. The predicted octanol–water partition coefficient (Wildman–Crippen LogP) is 0.802. The Balaban J connectivity index is 2.48. The number of nitrogen functional groups attached to an aromatic ring is 1. The molecular formula is C12H15N5O. The van der Waals surface area contributed by atoms with Crippen molar-refractivity contribution >= 4 is 11.6 Å². The first kappa shape index (κ1) is 12.1. The van der Waals surface area contributed by atoms with Gasteiger partial charge in [0.1, 0.15) is 11.4 Å². The molecule has 0 unspecified atom stereocenters. The monoisotopic (exact) mass is 245 g/mol. The lowest BCUT2D eigenvalue weighted by atomic mass is 10.1. The van der Waals surface area contributed by atoms with Crippen LogP contribution in [0.1, 0.15) is 0 Å². The molecule has 1 aromatic heterocycles. The zero-order valence-corrected chi connectivity index (χ0v) is 9.80. The highest BCUT2D eigenvalue weighted by Crippen LogP contribution is 2.32. The van der Waals surface area contributed by atoms with E-state index < -0.39 is 0 Å². The quantitative estimate of drug-likeness (QED) is 0.634. The fourth-order valence-corrected chi connectivity index (χ4v) is 1.61. The number of benzene rings is 1. The Kier molecular flexibility index (Phi) is 3.59. The summed E-state index contributed by atoms with van der Waals surface area (Å²) in [6.45, 7) is 1.08. The normalized spacial score (nSPS) is 10.3. The minimum absolute atomic E-state index is 0.145. The summed E-state index contributed by atoms with van der Waals surface area (Å²) in [5.41, 5.74) is 12.9. The Bertz CT molecular complexity index is 544. The Morgan fingerprint density at radius 1 is 1.28 bits per heavy atom. The molecule has 18 heavy (non-hydrogen) atoms. The lowest BCUT2D eigenvalue weighted by molar-refractivity contribution is 0.477. The summed E-state index contributed by atoms with van der Waals surface area (Å²) in [4.78, 5) is 8.09. The topological polar surface area (TPSA) is 110 Å². The molecule has 0 atom stereocenters. The van der Waals surface area contributed by atoms with Crippen LogP contribution in [0.15, 0.2) is 30.5 Å². The second kappa shape index (κ2) is 5.33. The second-order valence-corrected chi connectivity index (χ2v) is 3.72. The van der Waals surface area contributed by atoms with E-state index in [0.29, 0.717) is 30.0 Å². The maximum absolute atomic E-state index is 9.85. The van der Waals surface area contributed by atoms with Gasteiger partial charge in [0.25, 0.3) is 0 Å². The smallest absolute Gasteiger partial charge is 0.220 e. The summed E-state index contributed by atoms with van der Waals surface area (Å²) in [7, 11) is 0. The first-order valence-electron chi connectivity index (χ1n) is 5.57. The standard InChI is InChI=1S/C12H15N5O/c13-5-6-15-9-7-16-12(14)17-11(9)8-3-1-2-4-10(8)18/h1-4,7,15,18H,5-6,13H2,(H2,14,16,17). The minimum Gasteiger partial charge on any atom is -0.507 e. The predicted molar refractivity (Wildman–Crippen MR) is 71.1 cm³/mol. The SMILES string of the molecule is NCCNc1cnc(N)nc1-c1ccccc1O. The van der Waals surface area contributed by atoms with Crippen molar-refractivity contribution in [1.29, 1.82) is 0 Å². The number of hydrogen-bond donors (Lipinski definition) is 4. The van der Waals surface area contributed by atoms with Crippen molar-refractivity contribution in [3.63, 3.8) is 0 Å². The van der Waals surface area contributed by atoms with Gasteiger partial charge < -0.3 is 21.9 Å². The van der Waals surface area contributed by atoms with Gasteiger partial charge in [-0.25, -0.2) is 9.97 Å². The Labute approximate surface area is 105 Å². The van der Waals surface area contributed by atoms with Gasteiger partial charge in [-0.05, 0) is 12.1 Å². The number of aromatic nitrogens is 2. The molecule has 6 nitrogen and oxygen atoms in total. The molecule has 6 heteroatoms. The molecule has 2 aromatic rings. The highest BCUT2D eigenvalue weighted by atomic mass is 16.3. The van der Waals surface area contributed by atoms with E-state index in [1.807, 2.05) is 6.07 Å². The maximum Gasteiger partial charge on any atom is 0.220 e. The third-order valence-corrected chi connectivity index (χ3v) is 2.43. The van der Waals surface area contributed by atoms with Crippen molar-refractivity contribution < 1.29 is 5.11 Å². The molecule has 1 heterocycles. The maximum atomic E-state index is 9.85. The van der Waals surface area contributed by atoms with Gasteiger partial charge in [0.15, 0.2) is 0 Å². The number of nitrogens with two attached hydrogens (primary N) is 2. The summed E-state index contributed by atoms with van der Waals surface area (Å²) >= 11 is 0. The zero-order chi connectivity index (χ0) is 13.0. The number of phenols is 1. The molecule has 6 N–H and O–H groups in total. The summed E-state index contributed by atoms with van der Waals surface area (Å²) in [5, 5.41) is 13.0. The van der Waals surface area contributed by atoms with Crippen LogP contribution in [0.3, 0.4) is 0 Å². The number of nitrogens with one attached hydrogen (secondary N) is 1. The van der Waals surface area contributed by atoms with Gasteiger partial charge in [0, 0.05) is 18.7 Å². The van der Waals surface area contributed by atoms with Gasteiger partial charge in [0.2, 0.25) is 5.95 Å². The zero-order valence-electron chi connectivity index (χ0n) is 9.80. The Hall–Kier alpha value is -2.34. The average Bonchev–Trinajstić information content (AvgIpc) is 2.38. The Morgan fingerprint density at radius 3 is 2.78 bits per heavy atom. The van der Waals surface area contributed by atoms with Crippen molar-refractivity contribution in [2.24, 2.45) is 5.73 Å². The molecule has 0 spiro atoms. The first-order chi connectivity index (χ1) is 8.72. The van der Waals surface area contributed by atoms with Crippen LogP contribution >= 0.6 is 0 Å². The molecule has 2 rings (SSSR count). The summed E-state index contributed by atoms with van der Waals surface area (Å²) < 4.78 is 0. The molecule has 0 fully saturated rings. The fraction of sp³-hybridized carbons (Fsp3) is 0.167. The van der Waals surface area contributed by atoms with Crippen LogP contribution in [0.5, 0.6) is 5.75 Å². The highest BCUT2D eigenvalue weighted by molar-refractivity contribution is 5.78. The molecule has 0 saturated carbocycles. The van der Waals surface area contributed by atoms with Crippen LogP contribution in [-0.4, -0.2) is 28.2 Å². The van der Waals surface area contributed by atoms with Crippen molar-refractivity contribution in [2.75, 3.05) is 24.1 Å². The van der Waals surface area contributed by atoms with E-state index in [2.05, 4.69) is 15.3 Å². The van der Waals surface area contributed by atoms with E-state index in [-0.39, 0.29) is 11.7 Å². The largest absolute Gasteiger partial charge is 0.507 e. The number of rotatable bonds is 4. The number of phenolic OH excluding ortho intramolecular Hbond substituents is 1. The highest BCUT2D eigenvalue weighted by Gasteiger charge is 2.11. The lowest BCUT2D eigenvalue weighted by Crippen LogP contribution is -2.14. The van der Waals surface area contributed by atoms with E-state index in [1.54, 1.807) is 24.4 Å². The molecule has 0 saturated heterocycles. The van der Waals surface area contributed by atoms with Crippen LogP contribution in [0.2, 0.25) is 0 Å². The first-order valence-corrected chi connectivity index (χ1v) is 5.57. The van der Waals surface area contributed by atoms with Crippen LogP contribution < -0.4 is 16.8 Å². The molecule has 0 radical (unpaired) electrons. The van der Waals surface area contributed by atoms with Gasteiger partial charge in [-0.3, -0.25) is 0 Å². The molecule has 0 aliphatic carbocycles. The van der Waals surface area contributed by atoms with E-state index >= 15 is 0 Å². The van der Waals surface area contributed by atoms with Crippen molar-refractivity contribution in [1.82, 2.24) is 9.97 Å². The summed E-state index contributed by atoms with van der Waals surface area (Å²) in [5.74, 6) is 0.304. The molecule has 0 aliphatic heterocycles. The lowest BCUT2D eigenvalue weighted by Gasteiger charge is -2.11. The minimum atomic E-state index is 0.145. The van der Waals surface area contributed by atoms with Gasteiger partial charge in [0.05, 0.1) is 11.9 Å². The van der Waals surface area contributed by atoms with Crippen molar-refractivity contribution in [2.45, 2.75) is 0 Å². The van der Waals surface area contributed by atoms with E-state index in [1.165, 1.54) is 0 Å². The summed E-state index contributed by atoms with van der Waals surface area (Å²) in [6.07, 6.45) is 1.58. The van der Waals surface area contributed by atoms with Crippen molar-refractivity contribution in [3.8, 4) is 17.0 Å². The average molecular weight is 245 g/mol. The number of aromatic hydroxyl groups is 1. The van der Waals surface area contributed by atoms with Gasteiger partial charge in [-0.2, -0.15) is 0 Å². The number of para-hydroxylation sites is 1. The molecule has 0 amide bonds. The van der Waals surface area contributed by atoms with Gasteiger partial charge in [-0.1, -0.05) is 12.1 Å². The molecular weight excluding hydrogens is 230 g/mol. The third-order valence-electron chi connectivity index (χ3n) is 2.43. The Morgan fingerprint density at radius 2 is 2.06 bits per heavy atom. The number of hydrogen-bond acceptors (Lipinski definition) is 6. The van der Waals surface area contributed by atoms with Gasteiger partial charge >= 0.3 is 0 Å². The van der Waals surface area contributed by atoms with Gasteiger partial charge in [-0.15, -0.1) is 0 Å². The van der Waals surface area contributed by atoms with Crippen LogP contribution in [-0.2, 0) is 0 Å².